The van der Waals surface area contributed by atoms with Crippen molar-refractivity contribution in [3.05, 3.63) is 11.9 Å². The van der Waals surface area contributed by atoms with Gasteiger partial charge in [0.05, 0.1) is 11.4 Å². The molecule has 0 unspecified atom stereocenters. The highest BCUT2D eigenvalue weighted by atomic mass is 35.7. The van der Waals surface area contributed by atoms with Crippen LogP contribution < -0.4 is 0 Å². The van der Waals surface area contributed by atoms with Crippen LogP contribution in [-0.2, 0) is 15.5 Å². The van der Waals surface area contributed by atoms with Crippen molar-refractivity contribution in [2.24, 2.45) is 0 Å². The maximum atomic E-state index is 10.7. The quantitative estimate of drug-likeness (QED) is 0.732. The van der Waals surface area contributed by atoms with Crippen LogP contribution in [0, 0.1) is 0 Å². The zero-order chi connectivity index (χ0) is 10.8. The number of halogens is 1. The van der Waals surface area contributed by atoms with Crippen molar-refractivity contribution in [1.29, 1.82) is 0 Å². The van der Waals surface area contributed by atoms with Crippen LogP contribution in [-0.4, -0.2) is 29.2 Å². The first-order valence-corrected chi connectivity index (χ1v) is 6.69. The number of rotatable bonds is 4. The van der Waals surface area contributed by atoms with Crippen LogP contribution in [0.5, 0.6) is 0 Å². The Morgan fingerprint density at radius 2 is 2.21 bits per heavy atom. The Kier molecular flexibility index (Phi) is 3.49. The lowest BCUT2D eigenvalue weighted by molar-refractivity contribution is 0.514. The SMILES string of the molecule is CC(C)n1cc(CCS(=O)(=O)Cl)nn1. The van der Waals surface area contributed by atoms with Crippen LogP contribution in [0.15, 0.2) is 6.20 Å². The fraction of sp³-hybridized carbons (Fsp3) is 0.714. The van der Waals surface area contributed by atoms with E-state index in [0.29, 0.717) is 12.1 Å². The molecule has 0 bridgehead atoms. The lowest BCUT2D eigenvalue weighted by Crippen LogP contribution is -2.01. The summed E-state index contributed by atoms with van der Waals surface area (Å²) in [4.78, 5) is 0. The van der Waals surface area contributed by atoms with E-state index in [1.807, 2.05) is 13.8 Å². The summed E-state index contributed by atoms with van der Waals surface area (Å²) in [5.74, 6) is -0.106. The summed E-state index contributed by atoms with van der Waals surface area (Å²) in [5.41, 5.74) is 0.642. The molecule has 5 nitrogen and oxygen atoms in total. The highest BCUT2D eigenvalue weighted by molar-refractivity contribution is 8.13. The van der Waals surface area contributed by atoms with Gasteiger partial charge in [0.25, 0.3) is 0 Å². The van der Waals surface area contributed by atoms with E-state index in [-0.39, 0.29) is 11.8 Å². The molecule has 0 saturated carbocycles. The maximum Gasteiger partial charge on any atom is 0.232 e. The van der Waals surface area contributed by atoms with Crippen LogP contribution in [0.3, 0.4) is 0 Å². The molecule has 0 radical (unpaired) electrons. The zero-order valence-corrected chi connectivity index (χ0v) is 9.59. The number of hydrogen-bond donors (Lipinski definition) is 0. The van der Waals surface area contributed by atoms with E-state index in [1.165, 1.54) is 0 Å². The number of hydrogen-bond acceptors (Lipinski definition) is 4. The summed E-state index contributed by atoms with van der Waals surface area (Å²) in [7, 11) is 1.63. The summed E-state index contributed by atoms with van der Waals surface area (Å²) in [6.07, 6.45) is 2.03. The molecule has 0 aliphatic heterocycles. The second-order valence-electron chi connectivity index (χ2n) is 3.28. The van der Waals surface area contributed by atoms with E-state index in [1.54, 1.807) is 10.9 Å². The standard InChI is InChI=1S/C7H12ClN3O2S/c1-6(2)11-5-7(9-10-11)3-4-14(8,12)13/h5-6H,3-4H2,1-2H3. The molecule has 1 rings (SSSR count). The van der Waals surface area contributed by atoms with Crippen LogP contribution in [0.2, 0.25) is 0 Å². The summed E-state index contributed by atoms with van der Waals surface area (Å²) >= 11 is 0. The Bertz CT molecular complexity index is 399. The highest BCUT2D eigenvalue weighted by Crippen LogP contribution is 2.05. The van der Waals surface area contributed by atoms with Crippen molar-refractivity contribution in [1.82, 2.24) is 15.0 Å². The molecule has 1 aromatic rings. The van der Waals surface area contributed by atoms with E-state index in [9.17, 15) is 8.42 Å². The topological polar surface area (TPSA) is 64.8 Å². The summed E-state index contributed by atoms with van der Waals surface area (Å²) < 4.78 is 23.0. The molecule has 0 saturated heterocycles. The Balaban J connectivity index is 2.61. The molecule has 7 heteroatoms. The smallest absolute Gasteiger partial charge is 0.232 e. The van der Waals surface area contributed by atoms with Gasteiger partial charge in [-0.25, -0.2) is 13.1 Å². The van der Waals surface area contributed by atoms with E-state index < -0.39 is 9.05 Å². The number of nitrogens with zero attached hydrogens (tertiary/aromatic N) is 3. The normalized spacial score (nSPS) is 12.3. The van der Waals surface area contributed by atoms with Crippen molar-refractivity contribution in [3.63, 3.8) is 0 Å². The van der Waals surface area contributed by atoms with Gasteiger partial charge in [0.1, 0.15) is 0 Å². The average Bonchev–Trinajstić information content (AvgIpc) is 2.47. The molecule has 0 aliphatic carbocycles. The average molecular weight is 238 g/mol. The Hall–Kier alpha value is -0.620. The van der Waals surface area contributed by atoms with E-state index in [2.05, 4.69) is 10.3 Å². The van der Waals surface area contributed by atoms with Gasteiger partial charge >= 0.3 is 0 Å². The van der Waals surface area contributed by atoms with Gasteiger partial charge in [0.15, 0.2) is 0 Å². The van der Waals surface area contributed by atoms with Crippen LogP contribution in [0.4, 0.5) is 0 Å². The molecule has 0 fully saturated rings. The van der Waals surface area contributed by atoms with Crippen LogP contribution in [0.1, 0.15) is 25.6 Å². The second-order valence-corrected chi connectivity index (χ2v) is 6.17. The Morgan fingerprint density at radius 1 is 1.57 bits per heavy atom. The predicted molar refractivity (Wildman–Crippen MR) is 53.8 cm³/mol. The minimum Gasteiger partial charge on any atom is -0.250 e. The van der Waals surface area contributed by atoms with Gasteiger partial charge in [-0.1, -0.05) is 5.21 Å². The van der Waals surface area contributed by atoms with Crippen molar-refractivity contribution in [2.75, 3.05) is 5.75 Å². The van der Waals surface area contributed by atoms with Gasteiger partial charge in [-0.3, -0.25) is 0 Å². The fourth-order valence-corrected chi connectivity index (χ4v) is 1.59. The van der Waals surface area contributed by atoms with Crippen molar-refractivity contribution in [2.45, 2.75) is 26.3 Å². The first-order valence-electron chi connectivity index (χ1n) is 4.21. The molecule has 80 valence electrons. The van der Waals surface area contributed by atoms with Gasteiger partial charge in [0, 0.05) is 29.3 Å². The molecule has 14 heavy (non-hydrogen) atoms. The third-order valence-corrected chi connectivity index (χ3v) is 2.84. The molecule has 0 aromatic carbocycles. The largest absolute Gasteiger partial charge is 0.250 e. The summed E-state index contributed by atoms with van der Waals surface area (Å²) in [6.45, 7) is 3.94. The third kappa shape index (κ3) is 3.63. The van der Waals surface area contributed by atoms with Crippen molar-refractivity contribution < 1.29 is 8.42 Å². The molecule has 1 aromatic heterocycles. The third-order valence-electron chi connectivity index (χ3n) is 1.69. The van der Waals surface area contributed by atoms with E-state index >= 15 is 0 Å². The lowest BCUT2D eigenvalue weighted by Gasteiger charge is -2.00. The van der Waals surface area contributed by atoms with Crippen LogP contribution in [0.25, 0.3) is 0 Å². The summed E-state index contributed by atoms with van der Waals surface area (Å²) in [5, 5.41) is 7.68. The second kappa shape index (κ2) is 4.27. The first kappa shape index (κ1) is 11.5. The van der Waals surface area contributed by atoms with E-state index in [0.717, 1.165) is 0 Å². The number of aromatic nitrogens is 3. The van der Waals surface area contributed by atoms with Gasteiger partial charge in [-0.2, -0.15) is 0 Å². The molecule has 0 N–H and O–H groups in total. The Morgan fingerprint density at radius 3 is 2.64 bits per heavy atom. The minimum absolute atomic E-state index is 0.106. The van der Waals surface area contributed by atoms with Crippen molar-refractivity contribution in [3.8, 4) is 0 Å². The molecular weight excluding hydrogens is 226 g/mol. The summed E-state index contributed by atoms with van der Waals surface area (Å²) in [6, 6.07) is 0.226. The molecule has 1 heterocycles. The van der Waals surface area contributed by atoms with Gasteiger partial charge in [-0.05, 0) is 13.8 Å². The van der Waals surface area contributed by atoms with Gasteiger partial charge in [0.2, 0.25) is 9.05 Å². The van der Waals surface area contributed by atoms with Gasteiger partial charge < -0.3 is 0 Å². The predicted octanol–water partition coefficient (Wildman–Crippen LogP) is 0.970. The molecule has 0 atom stereocenters. The van der Waals surface area contributed by atoms with E-state index in [4.69, 9.17) is 10.7 Å². The fourth-order valence-electron chi connectivity index (χ4n) is 0.907. The van der Waals surface area contributed by atoms with Crippen molar-refractivity contribution >= 4 is 19.7 Å². The molecule has 0 aliphatic rings. The minimum atomic E-state index is -3.44. The molecule has 0 amide bonds. The first-order chi connectivity index (χ1) is 6.38. The zero-order valence-electron chi connectivity index (χ0n) is 8.01. The monoisotopic (exact) mass is 237 g/mol. The van der Waals surface area contributed by atoms with Gasteiger partial charge in [-0.15, -0.1) is 5.10 Å². The maximum absolute atomic E-state index is 10.7. The molecule has 0 spiro atoms. The van der Waals surface area contributed by atoms with Crippen LogP contribution >= 0.6 is 10.7 Å². The number of aryl methyl sites for hydroxylation is 1. The Labute approximate surface area is 87.5 Å². The highest BCUT2D eigenvalue weighted by Gasteiger charge is 2.09. The lowest BCUT2D eigenvalue weighted by atomic mass is 10.3. The molecular formula is C7H12ClN3O2S.